The predicted molar refractivity (Wildman–Crippen MR) is 94.5 cm³/mol. The first-order chi connectivity index (χ1) is 11.1. The van der Waals surface area contributed by atoms with Crippen molar-refractivity contribution in [2.75, 3.05) is 14.1 Å². The Kier molecular flexibility index (Phi) is 5.97. The highest BCUT2D eigenvalue weighted by atomic mass is 16.1. The molecule has 0 amide bonds. The Labute approximate surface area is 137 Å². The van der Waals surface area contributed by atoms with Crippen LogP contribution < -0.4 is 10.9 Å². The number of hydrogen-bond acceptors (Lipinski definition) is 2. The SMILES string of the molecule is CCn1cccc(CNC(=NCc2ccccc2)N(C)C)c1=O. The number of hydrogen-bond donors (Lipinski definition) is 1. The number of aliphatic imine (C=N–C) groups is 1. The monoisotopic (exact) mass is 312 g/mol. The Morgan fingerprint density at radius 2 is 1.91 bits per heavy atom. The van der Waals surface area contributed by atoms with Crippen molar-refractivity contribution in [3.8, 4) is 0 Å². The van der Waals surface area contributed by atoms with Crippen LogP contribution in [-0.4, -0.2) is 29.5 Å². The van der Waals surface area contributed by atoms with E-state index in [4.69, 9.17) is 0 Å². The number of nitrogens with one attached hydrogen (secondary N) is 1. The molecule has 0 spiro atoms. The highest BCUT2D eigenvalue weighted by Crippen LogP contribution is 2.01. The van der Waals surface area contributed by atoms with Crippen LogP contribution in [-0.2, 0) is 19.6 Å². The van der Waals surface area contributed by atoms with Gasteiger partial charge in [-0.25, -0.2) is 4.99 Å². The molecular formula is C18H24N4O. The van der Waals surface area contributed by atoms with Gasteiger partial charge in [-0.1, -0.05) is 36.4 Å². The molecule has 0 fully saturated rings. The van der Waals surface area contributed by atoms with Gasteiger partial charge in [0.05, 0.1) is 6.54 Å². The first-order valence-electron chi connectivity index (χ1n) is 7.79. The van der Waals surface area contributed by atoms with Gasteiger partial charge in [0.2, 0.25) is 0 Å². The van der Waals surface area contributed by atoms with E-state index in [9.17, 15) is 4.79 Å². The van der Waals surface area contributed by atoms with Crippen molar-refractivity contribution in [2.24, 2.45) is 4.99 Å². The summed E-state index contributed by atoms with van der Waals surface area (Å²) in [5, 5.41) is 3.26. The molecular weight excluding hydrogens is 288 g/mol. The summed E-state index contributed by atoms with van der Waals surface area (Å²) >= 11 is 0. The molecule has 0 radical (unpaired) electrons. The average molecular weight is 312 g/mol. The van der Waals surface area contributed by atoms with E-state index in [1.807, 2.05) is 74.6 Å². The lowest BCUT2D eigenvalue weighted by atomic mass is 10.2. The van der Waals surface area contributed by atoms with Crippen molar-refractivity contribution < 1.29 is 0 Å². The maximum absolute atomic E-state index is 12.2. The van der Waals surface area contributed by atoms with E-state index in [-0.39, 0.29) is 5.56 Å². The molecule has 0 bridgehead atoms. The van der Waals surface area contributed by atoms with Crippen LogP contribution >= 0.6 is 0 Å². The fourth-order valence-corrected chi connectivity index (χ4v) is 2.25. The second kappa shape index (κ2) is 8.17. The number of rotatable bonds is 5. The van der Waals surface area contributed by atoms with E-state index in [2.05, 4.69) is 10.3 Å². The van der Waals surface area contributed by atoms with E-state index in [1.165, 1.54) is 0 Å². The lowest BCUT2D eigenvalue weighted by Gasteiger charge is -2.18. The van der Waals surface area contributed by atoms with Crippen molar-refractivity contribution in [3.05, 3.63) is 70.1 Å². The zero-order valence-electron chi connectivity index (χ0n) is 14.0. The summed E-state index contributed by atoms with van der Waals surface area (Å²) in [6, 6.07) is 13.9. The molecule has 0 saturated heterocycles. The topological polar surface area (TPSA) is 49.6 Å². The van der Waals surface area contributed by atoms with Gasteiger partial charge in [-0.05, 0) is 18.6 Å². The number of guanidine groups is 1. The van der Waals surface area contributed by atoms with Crippen LogP contribution in [0.1, 0.15) is 18.1 Å². The molecule has 5 heteroatoms. The Hall–Kier alpha value is -2.56. The maximum atomic E-state index is 12.2. The van der Waals surface area contributed by atoms with E-state index in [1.54, 1.807) is 4.57 Å². The number of aryl methyl sites for hydroxylation is 1. The quantitative estimate of drug-likeness (QED) is 0.679. The molecule has 1 heterocycles. The number of pyridine rings is 1. The van der Waals surface area contributed by atoms with Gasteiger partial charge in [0.1, 0.15) is 0 Å². The lowest BCUT2D eigenvalue weighted by molar-refractivity contribution is 0.577. The smallest absolute Gasteiger partial charge is 0.255 e. The Bertz CT molecular complexity index is 704. The van der Waals surface area contributed by atoms with Crippen molar-refractivity contribution in [1.29, 1.82) is 0 Å². The van der Waals surface area contributed by atoms with Gasteiger partial charge in [0.25, 0.3) is 5.56 Å². The zero-order valence-corrected chi connectivity index (χ0v) is 14.0. The number of nitrogens with zero attached hydrogens (tertiary/aromatic N) is 3. The highest BCUT2D eigenvalue weighted by Gasteiger charge is 2.05. The van der Waals surface area contributed by atoms with Gasteiger partial charge < -0.3 is 14.8 Å². The molecule has 0 atom stereocenters. The highest BCUT2D eigenvalue weighted by molar-refractivity contribution is 5.79. The number of benzene rings is 1. The predicted octanol–water partition coefficient (Wildman–Crippen LogP) is 2.08. The number of aromatic nitrogens is 1. The summed E-state index contributed by atoms with van der Waals surface area (Å²) in [6.45, 7) is 3.71. The van der Waals surface area contributed by atoms with E-state index in [0.29, 0.717) is 19.6 Å². The molecule has 0 unspecified atom stereocenters. The molecule has 1 aromatic heterocycles. The lowest BCUT2D eigenvalue weighted by Crippen LogP contribution is -2.37. The molecule has 0 aliphatic rings. The third kappa shape index (κ3) is 4.71. The first-order valence-corrected chi connectivity index (χ1v) is 7.79. The summed E-state index contributed by atoms with van der Waals surface area (Å²) in [7, 11) is 3.87. The van der Waals surface area contributed by atoms with Gasteiger partial charge in [0, 0.05) is 38.9 Å². The molecule has 0 aliphatic carbocycles. The van der Waals surface area contributed by atoms with Crippen molar-refractivity contribution >= 4 is 5.96 Å². The minimum absolute atomic E-state index is 0.0451. The molecule has 0 aliphatic heterocycles. The minimum atomic E-state index is 0.0451. The Balaban J connectivity index is 2.07. The van der Waals surface area contributed by atoms with Crippen LogP contribution in [0.5, 0.6) is 0 Å². The molecule has 23 heavy (non-hydrogen) atoms. The van der Waals surface area contributed by atoms with Crippen molar-refractivity contribution in [3.63, 3.8) is 0 Å². The Morgan fingerprint density at radius 1 is 1.17 bits per heavy atom. The average Bonchev–Trinajstić information content (AvgIpc) is 2.56. The van der Waals surface area contributed by atoms with Crippen molar-refractivity contribution in [2.45, 2.75) is 26.6 Å². The Morgan fingerprint density at radius 3 is 2.57 bits per heavy atom. The van der Waals surface area contributed by atoms with Crippen LogP contribution in [0.25, 0.3) is 0 Å². The third-order valence-electron chi connectivity index (χ3n) is 3.55. The van der Waals surface area contributed by atoms with Gasteiger partial charge in [-0.3, -0.25) is 4.79 Å². The molecule has 2 aromatic rings. The van der Waals surface area contributed by atoms with Crippen LogP contribution in [0.2, 0.25) is 0 Å². The summed E-state index contributed by atoms with van der Waals surface area (Å²) in [6.07, 6.45) is 1.81. The fourth-order valence-electron chi connectivity index (χ4n) is 2.25. The third-order valence-corrected chi connectivity index (χ3v) is 3.55. The van der Waals surface area contributed by atoms with Crippen molar-refractivity contribution in [1.82, 2.24) is 14.8 Å². The molecule has 0 saturated carbocycles. The molecule has 5 nitrogen and oxygen atoms in total. The van der Waals surface area contributed by atoms with Crippen LogP contribution in [0.15, 0.2) is 58.4 Å². The van der Waals surface area contributed by atoms with Gasteiger partial charge >= 0.3 is 0 Å². The normalized spacial score (nSPS) is 11.3. The maximum Gasteiger partial charge on any atom is 0.255 e. The molecule has 1 aromatic carbocycles. The van der Waals surface area contributed by atoms with Crippen LogP contribution in [0.3, 0.4) is 0 Å². The standard InChI is InChI=1S/C18H24N4O/c1-4-22-12-8-11-16(17(22)23)14-20-18(21(2)3)19-13-15-9-6-5-7-10-15/h5-12H,4,13-14H2,1-3H3,(H,19,20). The van der Waals surface area contributed by atoms with Gasteiger partial charge in [-0.2, -0.15) is 0 Å². The zero-order chi connectivity index (χ0) is 16.7. The summed E-state index contributed by atoms with van der Waals surface area (Å²) < 4.78 is 1.70. The van der Waals surface area contributed by atoms with Crippen LogP contribution in [0.4, 0.5) is 0 Å². The first kappa shape index (κ1) is 16.8. The largest absolute Gasteiger partial charge is 0.352 e. The van der Waals surface area contributed by atoms with E-state index < -0.39 is 0 Å². The fraction of sp³-hybridized carbons (Fsp3) is 0.333. The summed E-state index contributed by atoms with van der Waals surface area (Å²) in [5.74, 6) is 0.764. The van der Waals surface area contributed by atoms with E-state index in [0.717, 1.165) is 17.1 Å². The van der Waals surface area contributed by atoms with Gasteiger partial charge in [0.15, 0.2) is 5.96 Å². The van der Waals surface area contributed by atoms with E-state index >= 15 is 0 Å². The summed E-state index contributed by atoms with van der Waals surface area (Å²) in [4.78, 5) is 18.8. The van der Waals surface area contributed by atoms with Crippen LogP contribution in [0, 0.1) is 0 Å². The second-order valence-electron chi connectivity index (χ2n) is 5.50. The van der Waals surface area contributed by atoms with Gasteiger partial charge in [-0.15, -0.1) is 0 Å². The minimum Gasteiger partial charge on any atom is -0.352 e. The molecule has 1 N–H and O–H groups in total. The second-order valence-corrected chi connectivity index (χ2v) is 5.50. The molecule has 122 valence electrons. The molecule has 2 rings (SSSR count). The summed E-state index contributed by atoms with van der Waals surface area (Å²) in [5.41, 5.74) is 1.94.